The van der Waals surface area contributed by atoms with Crippen LogP contribution in [-0.4, -0.2) is 20.7 Å². The number of halogens is 2. The van der Waals surface area contributed by atoms with E-state index in [2.05, 4.69) is 15.4 Å². The Morgan fingerprint density at radius 2 is 1.79 bits per heavy atom. The number of pyridine rings is 1. The fourth-order valence-corrected chi connectivity index (χ4v) is 3.03. The number of hydrogen-bond donors (Lipinski definition) is 1. The zero-order valence-corrected chi connectivity index (χ0v) is 15.2. The number of rotatable bonds is 3. The lowest BCUT2D eigenvalue weighted by Gasteiger charge is -2.11. The summed E-state index contributed by atoms with van der Waals surface area (Å²) in [5.41, 5.74) is 2.51. The number of fused-ring (bicyclic) bond motifs is 1. The summed E-state index contributed by atoms with van der Waals surface area (Å²) in [7, 11) is 0. The minimum absolute atomic E-state index is 0.00644. The van der Waals surface area contributed by atoms with Crippen molar-refractivity contribution in [2.45, 2.75) is 13.8 Å². The van der Waals surface area contributed by atoms with Crippen LogP contribution in [0.5, 0.6) is 0 Å². The fourth-order valence-electron chi connectivity index (χ4n) is 3.03. The molecule has 2 aromatic carbocycles. The molecule has 0 aliphatic heterocycles. The molecule has 0 aliphatic rings. The molecule has 4 aromatic rings. The Hall–Kier alpha value is -3.61. The molecule has 1 N–H and O–H groups in total. The monoisotopic (exact) mass is 378 g/mol. The predicted octanol–water partition coefficient (Wildman–Crippen LogP) is 4.57. The summed E-state index contributed by atoms with van der Waals surface area (Å²) in [6.45, 7) is 3.76. The van der Waals surface area contributed by atoms with Crippen LogP contribution in [0.1, 0.15) is 21.6 Å². The second-order valence-corrected chi connectivity index (χ2v) is 6.48. The van der Waals surface area contributed by atoms with E-state index in [1.165, 1.54) is 10.7 Å². The molecule has 0 fully saturated rings. The van der Waals surface area contributed by atoms with E-state index in [-0.39, 0.29) is 5.56 Å². The Morgan fingerprint density at radius 1 is 1.00 bits per heavy atom. The molecule has 7 heteroatoms. The second kappa shape index (κ2) is 6.84. The molecule has 2 heterocycles. The Kier molecular flexibility index (Phi) is 4.35. The first-order valence-electron chi connectivity index (χ1n) is 8.62. The normalized spacial score (nSPS) is 11.0. The maximum Gasteiger partial charge on any atom is 0.256 e. The molecule has 28 heavy (non-hydrogen) atoms. The van der Waals surface area contributed by atoms with Gasteiger partial charge in [-0.3, -0.25) is 4.79 Å². The summed E-state index contributed by atoms with van der Waals surface area (Å²) >= 11 is 0. The van der Waals surface area contributed by atoms with E-state index in [0.717, 1.165) is 28.6 Å². The van der Waals surface area contributed by atoms with E-state index < -0.39 is 17.5 Å². The zero-order chi connectivity index (χ0) is 19.8. The van der Waals surface area contributed by atoms with Gasteiger partial charge in [0.25, 0.3) is 5.91 Å². The van der Waals surface area contributed by atoms with E-state index in [1.54, 1.807) is 13.0 Å². The zero-order valence-electron chi connectivity index (χ0n) is 15.2. The number of nitrogens with zero attached hydrogens (tertiary/aromatic N) is 3. The summed E-state index contributed by atoms with van der Waals surface area (Å²) in [6, 6.07) is 14.3. The molecule has 0 spiro atoms. The van der Waals surface area contributed by atoms with Gasteiger partial charge < -0.3 is 5.32 Å². The van der Waals surface area contributed by atoms with E-state index in [0.29, 0.717) is 17.3 Å². The lowest BCUT2D eigenvalue weighted by molar-refractivity contribution is 0.102. The third-order valence-corrected chi connectivity index (χ3v) is 4.38. The number of aryl methyl sites for hydroxylation is 2. The third kappa shape index (κ3) is 3.22. The number of nitrogens with one attached hydrogen (secondary N) is 1. The second-order valence-electron chi connectivity index (χ2n) is 6.48. The minimum atomic E-state index is -1.08. The molecular weight excluding hydrogens is 362 g/mol. The molecule has 0 saturated heterocycles. The highest BCUT2D eigenvalue weighted by atomic mass is 19.2. The summed E-state index contributed by atoms with van der Waals surface area (Å²) in [5, 5.41) is 8.14. The minimum Gasteiger partial charge on any atom is -0.306 e. The van der Waals surface area contributed by atoms with Crippen LogP contribution in [0.4, 0.5) is 14.6 Å². The molecule has 0 unspecified atom stereocenters. The van der Waals surface area contributed by atoms with Gasteiger partial charge >= 0.3 is 0 Å². The van der Waals surface area contributed by atoms with Crippen molar-refractivity contribution < 1.29 is 13.6 Å². The molecule has 0 radical (unpaired) electrons. The lowest BCUT2D eigenvalue weighted by Crippen LogP contribution is -2.16. The van der Waals surface area contributed by atoms with Crippen molar-refractivity contribution in [1.82, 2.24) is 14.8 Å². The Balaban J connectivity index is 1.73. The first-order chi connectivity index (χ1) is 13.4. The van der Waals surface area contributed by atoms with Crippen LogP contribution in [0.25, 0.3) is 16.7 Å². The van der Waals surface area contributed by atoms with Gasteiger partial charge in [0, 0.05) is 17.0 Å². The third-order valence-electron chi connectivity index (χ3n) is 4.38. The van der Waals surface area contributed by atoms with Crippen LogP contribution in [0.3, 0.4) is 0 Å². The van der Waals surface area contributed by atoms with Crippen LogP contribution in [-0.2, 0) is 0 Å². The number of amides is 1. The average molecular weight is 378 g/mol. The molecular formula is C21H16F2N4O. The predicted molar refractivity (Wildman–Crippen MR) is 103 cm³/mol. The summed E-state index contributed by atoms with van der Waals surface area (Å²) in [4.78, 5) is 17.1. The fraction of sp³-hybridized carbons (Fsp3) is 0.0952. The smallest absolute Gasteiger partial charge is 0.256 e. The molecule has 140 valence electrons. The average Bonchev–Trinajstić information content (AvgIpc) is 3.04. The lowest BCUT2D eigenvalue weighted by atomic mass is 10.1. The first-order valence-corrected chi connectivity index (χ1v) is 8.62. The van der Waals surface area contributed by atoms with Crippen molar-refractivity contribution in [3.05, 3.63) is 83.1 Å². The summed E-state index contributed by atoms with van der Waals surface area (Å²) in [6.07, 6.45) is 0. The van der Waals surface area contributed by atoms with Gasteiger partial charge in [0.15, 0.2) is 17.5 Å². The number of carbonyl (C=O) groups excluding carboxylic acids is 1. The molecule has 1 amide bonds. The van der Waals surface area contributed by atoms with Crippen LogP contribution in [0.2, 0.25) is 0 Å². The van der Waals surface area contributed by atoms with Crippen LogP contribution in [0, 0.1) is 25.5 Å². The van der Waals surface area contributed by atoms with Gasteiger partial charge in [-0.1, -0.05) is 18.2 Å². The van der Waals surface area contributed by atoms with Crippen LogP contribution in [0.15, 0.2) is 54.6 Å². The van der Waals surface area contributed by atoms with Crippen molar-refractivity contribution in [2.24, 2.45) is 0 Å². The van der Waals surface area contributed by atoms with Gasteiger partial charge in [-0.2, -0.15) is 9.78 Å². The van der Waals surface area contributed by atoms with Crippen molar-refractivity contribution in [3.63, 3.8) is 0 Å². The highest BCUT2D eigenvalue weighted by Crippen LogP contribution is 2.23. The Morgan fingerprint density at radius 3 is 2.57 bits per heavy atom. The molecule has 2 aromatic heterocycles. The van der Waals surface area contributed by atoms with Crippen molar-refractivity contribution in [2.75, 3.05) is 5.32 Å². The largest absolute Gasteiger partial charge is 0.306 e. The maximum atomic E-state index is 13.4. The standard InChI is InChI=1S/C21H16F2N4O/c1-12-9-19(24-18-6-4-3-5-15(12)18)27-20(10-13(2)26-27)25-21(28)14-7-8-16(22)17(23)11-14/h3-11H,1-2H3,(H,25,28). The summed E-state index contributed by atoms with van der Waals surface area (Å²) in [5.74, 6) is -1.73. The van der Waals surface area contributed by atoms with Gasteiger partial charge in [-0.15, -0.1) is 0 Å². The van der Waals surface area contributed by atoms with E-state index in [1.807, 2.05) is 37.3 Å². The van der Waals surface area contributed by atoms with Gasteiger partial charge in [0.05, 0.1) is 11.2 Å². The van der Waals surface area contributed by atoms with Crippen molar-refractivity contribution >= 4 is 22.6 Å². The van der Waals surface area contributed by atoms with E-state index >= 15 is 0 Å². The Bertz CT molecular complexity index is 1220. The topological polar surface area (TPSA) is 59.8 Å². The van der Waals surface area contributed by atoms with E-state index in [9.17, 15) is 13.6 Å². The number of hydrogen-bond acceptors (Lipinski definition) is 3. The van der Waals surface area contributed by atoms with Gasteiger partial charge in [-0.05, 0) is 49.7 Å². The van der Waals surface area contributed by atoms with Gasteiger partial charge in [0.2, 0.25) is 0 Å². The maximum absolute atomic E-state index is 13.4. The van der Waals surface area contributed by atoms with Crippen molar-refractivity contribution in [1.29, 1.82) is 0 Å². The quantitative estimate of drug-likeness (QED) is 0.568. The molecule has 0 aliphatic carbocycles. The number of anilines is 1. The highest BCUT2D eigenvalue weighted by Gasteiger charge is 2.15. The molecule has 0 bridgehead atoms. The number of para-hydroxylation sites is 1. The van der Waals surface area contributed by atoms with E-state index in [4.69, 9.17) is 0 Å². The van der Waals surface area contributed by atoms with Gasteiger partial charge in [0.1, 0.15) is 5.82 Å². The first kappa shape index (κ1) is 17.8. The Labute approximate surface area is 159 Å². The molecule has 0 atom stereocenters. The molecule has 4 rings (SSSR count). The molecule has 0 saturated carbocycles. The van der Waals surface area contributed by atoms with Crippen LogP contribution < -0.4 is 5.32 Å². The highest BCUT2D eigenvalue weighted by molar-refractivity contribution is 6.04. The van der Waals surface area contributed by atoms with Gasteiger partial charge in [-0.25, -0.2) is 13.8 Å². The SMILES string of the molecule is Cc1cc(NC(=O)c2ccc(F)c(F)c2)n(-c2cc(C)c3ccccc3n2)n1. The summed E-state index contributed by atoms with van der Waals surface area (Å²) < 4.78 is 28.1. The number of aromatic nitrogens is 3. The van der Waals surface area contributed by atoms with Crippen LogP contribution >= 0.6 is 0 Å². The molecule has 5 nitrogen and oxygen atoms in total. The number of carbonyl (C=O) groups is 1. The number of benzene rings is 2. The van der Waals surface area contributed by atoms with Crippen molar-refractivity contribution in [3.8, 4) is 5.82 Å².